The molecule has 2 rings (SSSR count). The first kappa shape index (κ1) is 13.7. The maximum absolute atomic E-state index is 9.97. The van der Waals surface area contributed by atoms with Gasteiger partial charge in [0.15, 0.2) is 0 Å². The van der Waals surface area contributed by atoms with Crippen molar-refractivity contribution in [3.63, 3.8) is 0 Å². The van der Waals surface area contributed by atoms with E-state index in [1.165, 1.54) is 25.7 Å². The van der Waals surface area contributed by atoms with Crippen molar-refractivity contribution in [1.29, 1.82) is 0 Å². The zero-order valence-electron chi connectivity index (χ0n) is 10.9. The largest absolute Gasteiger partial charge is 0.491 e. The molecule has 0 saturated heterocycles. The Hall–Kier alpha value is -0.730. The van der Waals surface area contributed by atoms with Crippen molar-refractivity contribution in [3.8, 4) is 5.75 Å². The first-order chi connectivity index (χ1) is 8.65. The van der Waals surface area contributed by atoms with Gasteiger partial charge in [0.25, 0.3) is 0 Å². The molecule has 100 valence electrons. The summed E-state index contributed by atoms with van der Waals surface area (Å²) in [5.74, 6) is 1.46. The zero-order valence-corrected chi connectivity index (χ0v) is 11.6. The highest BCUT2D eigenvalue weighted by Crippen LogP contribution is 2.29. The van der Waals surface area contributed by atoms with Gasteiger partial charge in [-0.1, -0.05) is 43.4 Å². The van der Waals surface area contributed by atoms with Crippen LogP contribution >= 0.6 is 11.6 Å². The van der Waals surface area contributed by atoms with Crippen LogP contribution in [0, 0.1) is 12.8 Å². The predicted molar refractivity (Wildman–Crippen MR) is 74.3 cm³/mol. The van der Waals surface area contributed by atoms with Crippen LogP contribution in [0.4, 0.5) is 0 Å². The van der Waals surface area contributed by atoms with Gasteiger partial charge in [-0.15, -0.1) is 0 Å². The van der Waals surface area contributed by atoms with E-state index in [9.17, 15) is 5.11 Å². The number of ether oxygens (including phenoxy) is 1. The van der Waals surface area contributed by atoms with Crippen LogP contribution in [0.3, 0.4) is 0 Å². The molecule has 3 heteroatoms. The van der Waals surface area contributed by atoms with E-state index < -0.39 is 0 Å². The molecule has 0 spiro atoms. The Morgan fingerprint density at radius 3 is 2.83 bits per heavy atom. The number of aliphatic hydroxyl groups is 1. The molecule has 0 aromatic heterocycles. The molecule has 1 fully saturated rings. The molecule has 0 amide bonds. The number of hydrogen-bond donors (Lipinski definition) is 1. The molecule has 0 radical (unpaired) electrons. The normalized spacial score (nSPS) is 17.9. The fraction of sp³-hybridized carbons (Fsp3) is 0.600. The Kier molecular flexibility index (Phi) is 4.90. The van der Waals surface area contributed by atoms with Gasteiger partial charge < -0.3 is 9.84 Å². The van der Waals surface area contributed by atoms with Crippen molar-refractivity contribution in [3.05, 3.63) is 28.8 Å². The molecule has 0 bridgehead atoms. The quantitative estimate of drug-likeness (QED) is 0.876. The lowest BCUT2D eigenvalue weighted by atomic mass is 10.0. The minimum absolute atomic E-state index is 0.359. The highest BCUT2D eigenvalue weighted by molar-refractivity contribution is 6.30. The van der Waals surface area contributed by atoms with E-state index in [1.807, 2.05) is 19.1 Å². The molecule has 0 aliphatic heterocycles. The molecule has 1 aliphatic rings. The number of benzene rings is 1. The lowest BCUT2D eigenvalue weighted by Crippen LogP contribution is -2.20. The lowest BCUT2D eigenvalue weighted by Gasteiger charge is -2.17. The highest BCUT2D eigenvalue weighted by Gasteiger charge is 2.19. The van der Waals surface area contributed by atoms with Gasteiger partial charge in [-0.2, -0.15) is 0 Å². The van der Waals surface area contributed by atoms with Gasteiger partial charge in [-0.05, 0) is 37.0 Å². The molecule has 1 atom stereocenters. The van der Waals surface area contributed by atoms with E-state index in [2.05, 4.69) is 0 Å². The van der Waals surface area contributed by atoms with Crippen LogP contribution < -0.4 is 4.74 Å². The van der Waals surface area contributed by atoms with Crippen molar-refractivity contribution in [2.24, 2.45) is 5.92 Å². The number of aryl methyl sites for hydroxylation is 1. The number of halogens is 1. The van der Waals surface area contributed by atoms with Gasteiger partial charge in [0.05, 0.1) is 6.10 Å². The molecule has 1 N–H and O–H groups in total. The maximum atomic E-state index is 9.97. The minimum Gasteiger partial charge on any atom is -0.491 e. The summed E-state index contributed by atoms with van der Waals surface area (Å²) in [6.45, 7) is 2.34. The van der Waals surface area contributed by atoms with E-state index in [0.29, 0.717) is 17.5 Å². The van der Waals surface area contributed by atoms with Crippen LogP contribution in [0.15, 0.2) is 18.2 Å². The maximum Gasteiger partial charge on any atom is 0.123 e. The smallest absolute Gasteiger partial charge is 0.123 e. The van der Waals surface area contributed by atoms with E-state index in [1.54, 1.807) is 6.07 Å². The van der Waals surface area contributed by atoms with E-state index in [0.717, 1.165) is 17.7 Å². The SMILES string of the molecule is Cc1ccc(Cl)cc1OCC(O)CC1CCCC1. The third-order valence-corrected chi connectivity index (χ3v) is 3.90. The molecule has 18 heavy (non-hydrogen) atoms. The summed E-state index contributed by atoms with van der Waals surface area (Å²) >= 11 is 5.93. The standard InChI is InChI=1S/C15H21ClO2/c1-11-6-7-13(16)9-15(11)18-10-14(17)8-12-4-2-3-5-12/h6-7,9,12,14,17H,2-5,8,10H2,1H3. The first-order valence-corrected chi connectivity index (χ1v) is 7.10. The van der Waals surface area contributed by atoms with Crippen molar-refractivity contribution in [1.82, 2.24) is 0 Å². The van der Waals surface area contributed by atoms with E-state index in [-0.39, 0.29) is 6.10 Å². The van der Waals surface area contributed by atoms with Gasteiger partial charge in [-0.3, -0.25) is 0 Å². The Labute approximate surface area is 114 Å². The van der Waals surface area contributed by atoms with Gasteiger partial charge in [-0.25, -0.2) is 0 Å². The first-order valence-electron chi connectivity index (χ1n) is 6.72. The molecule has 1 aromatic rings. The molecule has 1 saturated carbocycles. The zero-order chi connectivity index (χ0) is 13.0. The molecule has 0 heterocycles. The Morgan fingerprint density at radius 1 is 1.39 bits per heavy atom. The van der Waals surface area contributed by atoms with Gasteiger partial charge in [0, 0.05) is 5.02 Å². The van der Waals surface area contributed by atoms with E-state index in [4.69, 9.17) is 16.3 Å². The van der Waals surface area contributed by atoms with Crippen LogP contribution in [-0.2, 0) is 0 Å². The van der Waals surface area contributed by atoms with E-state index >= 15 is 0 Å². The monoisotopic (exact) mass is 268 g/mol. The van der Waals surface area contributed by atoms with Crippen molar-refractivity contribution in [2.45, 2.75) is 45.1 Å². The van der Waals surface area contributed by atoms with Crippen LogP contribution in [0.1, 0.15) is 37.7 Å². The summed E-state index contributed by atoms with van der Waals surface area (Å²) in [5.41, 5.74) is 1.05. The fourth-order valence-corrected chi connectivity index (χ4v) is 2.78. The third-order valence-electron chi connectivity index (χ3n) is 3.66. The fourth-order valence-electron chi connectivity index (χ4n) is 2.61. The second-order valence-electron chi connectivity index (χ2n) is 5.26. The van der Waals surface area contributed by atoms with Crippen LogP contribution in [0.2, 0.25) is 5.02 Å². The van der Waals surface area contributed by atoms with Crippen LogP contribution in [0.25, 0.3) is 0 Å². The van der Waals surface area contributed by atoms with Crippen LogP contribution in [0.5, 0.6) is 5.75 Å². The molecule has 2 nitrogen and oxygen atoms in total. The minimum atomic E-state index is -0.369. The second-order valence-corrected chi connectivity index (χ2v) is 5.70. The molecule has 1 aromatic carbocycles. The second kappa shape index (κ2) is 6.44. The summed E-state index contributed by atoms with van der Waals surface area (Å²) in [6.07, 6.45) is 5.63. The number of rotatable bonds is 5. The van der Waals surface area contributed by atoms with Crippen molar-refractivity contribution in [2.75, 3.05) is 6.61 Å². The number of hydrogen-bond acceptors (Lipinski definition) is 2. The third kappa shape index (κ3) is 3.89. The summed E-state index contributed by atoms with van der Waals surface area (Å²) in [5, 5.41) is 10.6. The van der Waals surface area contributed by atoms with Crippen LogP contribution in [-0.4, -0.2) is 17.8 Å². The molecule has 1 aliphatic carbocycles. The van der Waals surface area contributed by atoms with Crippen molar-refractivity contribution < 1.29 is 9.84 Å². The summed E-state index contributed by atoms with van der Waals surface area (Å²) in [7, 11) is 0. The van der Waals surface area contributed by atoms with Crippen molar-refractivity contribution >= 4 is 11.6 Å². The molecular formula is C15H21ClO2. The Morgan fingerprint density at radius 2 is 2.11 bits per heavy atom. The number of aliphatic hydroxyl groups excluding tert-OH is 1. The Bertz CT molecular complexity index is 386. The highest BCUT2D eigenvalue weighted by atomic mass is 35.5. The Balaban J connectivity index is 1.81. The summed E-state index contributed by atoms with van der Waals surface area (Å²) < 4.78 is 5.66. The predicted octanol–water partition coefficient (Wildman–Crippen LogP) is 3.97. The average Bonchev–Trinajstić information content (AvgIpc) is 2.83. The topological polar surface area (TPSA) is 29.5 Å². The lowest BCUT2D eigenvalue weighted by molar-refractivity contribution is 0.0852. The summed E-state index contributed by atoms with van der Waals surface area (Å²) in [4.78, 5) is 0. The average molecular weight is 269 g/mol. The van der Waals surface area contributed by atoms with Gasteiger partial charge in [0.2, 0.25) is 0 Å². The van der Waals surface area contributed by atoms with Gasteiger partial charge >= 0.3 is 0 Å². The molecular weight excluding hydrogens is 248 g/mol. The summed E-state index contributed by atoms with van der Waals surface area (Å²) in [6, 6.07) is 5.58. The van der Waals surface area contributed by atoms with Gasteiger partial charge in [0.1, 0.15) is 12.4 Å². The molecule has 1 unspecified atom stereocenters.